The highest BCUT2D eigenvalue weighted by Crippen LogP contribution is 2.32. The molecule has 0 heterocycles. The molecule has 0 fully saturated rings. The van der Waals surface area contributed by atoms with Crippen molar-refractivity contribution in [3.05, 3.63) is 78.9 Å². The normalized spacial score (nSPS) is 9.89. The summed E-state index contributed by atoms with van der Waals surface area (Å²) in [7, 11) is 3.23. The molecule has 0 aliphatic rings. The van der Waals surface area contributed by atoms with Gasteiger partial charge in [0.05, 0.1) is 25.1 Å². The summed E-state index contributed by atoms with van der Waals surface area (Å²) in [6.07, 6.45) is -2.08. The van der Waals surface area contributed by atoms with E-state index >= 15 is 0 Å². The SMILES string of the molecule is COc1ccc([S+](c2ccccc2)c2ccc(OC)cc2)cc1.O=C([O-])O. The molecule has 0 unspecified atom stereocenters. The van der Waals surface area contributed by atoms with Crippen molar-refractivity contribution >= 4 is 17.1 Å². The number of rotatable bonds is 5. The van der Waals surface area contributed by atoms with Crippen molar-refractivity contribution in [2.75, 3.05) is 14.2 Å². The van der Waals surface area contributed by atoms with Gasteiger partial charge in [-0.25, -0.2) is 0 Å². The van der Waals surface area contributed by atoms with Crippen molar-refractivity contribution in [1.82, 2.24) is 0 Å². The molecule has 0 bridgehead atoms. The summed E-state index contributed by atoms with van der Waals surface area (Å²) in [6.45, 7) is 0. The smallest absolute Gasteiger partial charge is 0.249 e. The lowest BCUT2D eigenvalue weighted by atomic mass is 10.3. The molecule has 6 heteroatoms. The van der Waals surface area contributed by atoms with E-state index in [4.69, 9.17) is 24.5 Å². The first-order valence-electron chi connectivity index (χ1n) is 8.02. The second-order valence-corrected chi connectivity index (χ2v) is 7.26. The van der Waals surface area contributed by atoms with Crippen LogP contribution >= 0.6 is 0 Å². The summed E-state index contributed by atoms with van der Waals surface area (Å²) in [5.74, 6) is 1.75. The lowest BCUT2D eigenvalue weighted by Crippen LogP contribution is -2.17. The first-order valence-corrected chi connectivity index (χ1v) is 9.25. The van der Waals surface area contributed by atoms with Crippen molar-refractivity contribution in [1.29, 1.82) is 0 Å². The van der Waals surface area contributed by atoms with Crippen LogP contribution < -0.4 is 14.6 Å². The van der Waals surface area contributed by atoms with E-state index in [1.165, 1.54) is 14.7 Å². The van der Waals surface area contributed by atoms with Crippen LogP contribution in [0.4, 0.5) is 4.79 Å². The minimum atomic E-state index is -2.08. The van der Waals surface area contributed by atoms with Crippen LogP contribution in [-0.2, 0) is 10.9 Å². The Labute approximate surface area is 161 Å². The van der Waals surface area contributed by atoms with E-state index in [1.54, 1.807) is 14.2 Å². The molecule has 5 nitrogen and oxygen atoms in total. The van der Waals surface area contributed by atoms with Crippen molar-refractivity contribution < 1.29 is 24.5 Å². The monoisotopic (exact) mass is 384 g/mol. The number of benzene rings is 3. The number of ether oxygens (including phenoxy) is 2. The zero-order chi connectivity index (χ0) is 19.6. The van der Waals surface area contributed by atoms with Crippen LogP contribution in [0.3, 0.4) is 0 Å². The topological polar surface area (TPSA) is 78.8 Å². The zero-order valence-corrected chi connectivity index (χ0v) is 15.8. The van der Waals surface area contributed by atoms with Gasteiger partial charge >= 0.3 is 0 Å². The Hall–Kier alpha value is -3.12. The zero-order valence-electron chi connectivity index (χ0n) is 15.0. The van der Waals surface area contributed by atoms with Crippen LogP contribution in [0.15, 0.2) is 93.5 Å². The average Bonchev–Trinajstić information content (AvgIpc) is 2.70. The highest BCUT2D eigenvalue weighted by molar-refractivity contribution is 7.97. The summed E-state index contributed by atoms with van der Waals surface area (Å²) in [6, 6.07) is 27.2. The average molecular weight is 384 g/mol. The maximum atomic E-state index is 8.44. The van der Waals surface area contributed by atoms with E-state index in [-0.39, 0.29) is 10.9 Å². The molecule has 0 saturated heterocycles. The van der Waals surface area contributed by atoms with Crippen molar-refractivity contribution in [2.45, 2.75) is 14.7 Å². The third-order valence-corrected chi connectivity index (χ3v) is 5.80. The molecule has 140 valence electrons. The Bertz CT molecular complexity index is 781. The van der Waals surface area contributed by atoms with Gasteiger partial charge in [-0.3, -0.25) is 0 Å². The Morgan fingerprint density at radius 3 is 1.41 bits per heavy atom. The molecule has 0 amide bonds. The van der Waals surface area contributed by atoms with E-state index in [0.29, 0.717) is 0 Å². The molecule has 3 aromatic rings. The van der Waals surface area contributed by atoms with Crippen LogP contribution in [-0.4, -0.2) is 25.5 Å². The first kappa shape index (κ1) is 20.2. The number of methoxy groups -OCH3 is 2. The Kier molecular flexibility index (Phi) is 7.58. The van der Waals surface area contributed by atoms with E-state index in [2.05, 4.69) is 48.5 Å². The summed E-state index contributed by atoms with van der Waals surface area (Å²) in [4.78, 5) is 12.3. The molecule has 27 heavy (non-hydrogen) atoms. The quantitative estimate of drug-likeness (QED) is 0.679. The molecule has 3 rings (SSSR count). The van der Waals surface area contributed by atoms with E-state index in [1.807, 2.05) is 30.3 Å². The fourth-order valence-corrected chi connectivity index (χ4v) is 4.45. The van der Waals surface area contributed by atoms with Crippen LogP contribution in [0.1, 0.15) is 0 Å². The van der Waals surface area contributed by atoms with E-state index < -0.39 is 6.16 Å². The van der Waals surface area contributed by atoms with Gasteiger partial charge in [0.2, 0.25) is 6.16 Å². The predicted octanol–water partition coefficient (Wildman–Crippen LogP) is 3.69. The van der Waals surface area contributed by atoms with Gasteiger partial charge in [0.15, 0.2) is 14.7 Å². The van der Waals surface area contributed by atoms with Gasteiger partial charge in [0.25, 0.3) is 0 Å². The van der Waals surface area contributed by atoms with Crippen molar-refractivity contribution in [3.63, 3.8) is 0 Å². The van der Waals surface area contributed by atoms with Crippen LogP contribution in [0, 0.1) is 0 Å². The molecule has 0 spiro atoms. The highest BCUT2D eigenvalue weighted by Gasteiger charge is 2.28. The number of hydrogen-bond donors (Lipinski definition) is 1. The van der Waals surface area contributed by atoms with Gasteiger partial charge in [-0.1, -0.05) is 18.2 Å². The Balaban J connectivity index is 0.000000596. The number of carboxylic acid groups (broad SMARTS) is 2. The summed E-state index contributed by atoms with van der Waals surface area (Å²) < 4.78 is 10.6. The van der Waals surface area contributed by atoms with Gasteiger partial charge in [-0.15, -0.1) is 0 Å². The minimum absolute atomic E-state index is 0.146. The van der Waals surface area contributed by atoms with Gasteiger partial charge in [0, 0.05) is 0 Å². The Morgan fingerprint density at radius 2 is 1.07 bits per heavy atom. The second-order valence-electron chi connectivity index (χ2n) is 5.24. The Morgan fingerprint density at radius 1 is 0.741 bits per heavy atom. The molecule has 0 aliphatic heterocycles. The third kappa shape index (κ3) is 5.97. The summed E-state index contributed by atoms with van der Waals surface area (Å²) >= 11 is 0. The first-order chi connectivity index (χ1) is 13.0. The maximum Gasteiger partial charge on any atom is 0.249 e. The molecule has 0 saturated carbocycles. The molecule has 1 N–H and O–H groups in total. The van der Waals surface area contributed by atoms with Crippen molar-refractivity contribution in [2.24, 2.45) is 0 Å². The molecule has 0 aromatic heterocycles. The summed E-state index contributed by atoms with van der Waals surface area (Å²) in [5, 5.41) is 15.3. The molecule has 0 aliphatic carbocycles. The van der Waals surface area contributed by atoms with E-state index in [9.17, 15) is 0 Å². The fourth-order valence-electron chi connectivity index (χ4n) is 2.39. The van der Waals surface area contributed by atoms with Crippen molar-refractivity contribution in [3.8, 4) is 11.5 Å². The van der Waals surface area contributed by atoms with Crippen LogP contribution in [0.25, 0.3) is 0 Å². The lowest BCUT2D eigenvalue weighted by Gasteiger charge is -2.09. The highest BCUT2D eigenvalue weighted by atomic mass is 32.2. The van der Waals surface area contributed by atoms with Crippen LogP contribution in [0.5, 0.6) is 11.5 Å². The predicted molar refractivity (Wildman–Crippen MR) is 103 cm³/mol. The lowest BCUT2D eigenvalue weighted by molar-refractivity contribution is -0.275. The minimum Gasteiger partial charge on any atom is -0.565 e. The largest absolute Gasteiger partial charge is 0.565 e. The van der Waals surface area contributed by atoms with Gasteiger partial charge in [0.1, 0.15) is 11.5 Å². The third-order valence-electron chi connectivity index (χ3n) is 3.57. The van der Waals surface area contributed by atoms with Gasteiger partial charge in [-0.2, -0.15) is 0 Å². The molecule has 0 atom stereocenters. The fraction of sp³-hybridized carbons (Fsp3) is 0.0952. The molecule has 0 radical (unpaired) electrons. The summed E-state index contributed by atoms with van der Waals surface area (Å²) in [5.41, 5.74) is 0. The molecular weight excluding hydrogens is 364 g/mol. The van der Waals surface area contributed by atoms with Gasteiger partial charge < -0.3 is 24.5 Å². The number of carbonyl (C=O) groups is 1. The molecule has 3 aromatic carbocycles. The molecular formula is C21H20O5S. The van der Waals surface area contributed by atoms with Gasteiger partial charge in [-0.05, 0) is 60.7 Å². The standard InChI is InChI=1S/C20H19O2S.CH2O3/c1-21-16-8-12-19(13-9-16)23(18-6-4-3-5-7-18)20-14-10-17(22-2)11-15-20;2-1(3)4/h3-15H,1-2H3;(H2,2,3,4)/q+1;/p-1. The second kappa shape index (κ2) is 10.1. The van der Waals surface area contributed by atoms with E-state index in [0.717, 1.165) is 11.5 Å². The number of hydrogen-bond acceptors (Lipinski definition) is 4. The maximum absolute atomic E-state index is 8.44. The van der Waals surface area contributed by atoms with Crippen LogP contribution in [0.2, 0.25) is 0 Å².